The Hall–Kier alpha value is -4.45. The van der Waals surface area contributed by atoms with Gasteiger partial charge in [0.15, 0.2) is 10.4 Å². The second kappa shape index (κ2) is 19.1. The molecule has 2 aromatic carbocycles. The molecule has 0 bridgehead atoms. The summed E-state index contributed by atoms with van der Waals surface area (Å²) in [5, 5.41) is 17.7. The molecule has 0 aliphatic rings. The van der Waals surface area contributed by atoms with Crippen molar-refractivity contribution >= 4 is 33.0 Å². The van der Waals surface area contributed by atoms with Crippen molar-refractivity contribution in [3.05, 3.63) is 126 Å². The minimum atomic E-state index is -4.01. The van der Waals surface area contributed by atoms with Crippen LogP contribution in [0.15, 0.2) is 114 Å². The third-order valence-corrected chi connectivity index (χ3v) is 11.3. The summed E-state index contributed by atoms with van der Waals surface area (Å²) in [5.41, 5.74) is 3.51. The van der Waals surface area contributed by atoms with Crippen LogP contribution < -0.4 is 10.6 Å². The van der Waals surface area contributed by atoms with Gasteiger partial charge in [0.2, 0.25) is 9.84 Å². The number of thiazole rings is 1. The van der Waals surface area contributed by atoms with Crippen LogP contribution in [0.5, 0.6) is 0 Å². The van der Waals surface area contributed by atoms with E-state index < -0.39 is 27.2 Å². The molecule has 0 spiro atoms. The van der Waals surface area contributed by atoms with Crippen molar-refractivity contribution in [1.82, 2.24) is 20.3 Å². The minimum absolute atomic E-state index is 0.0765. The van der Waals surface area contributed by atoms with E-state index in [1.165, 1.54) is 43.5 Å². The fourth-order valence-electron chi connectivity index (χ4n) is 5.85. The Labute approximate surface area is 299 Å². The number of sulfone groups is 1. The van der Waals surface area contributed by atoms with Gasteiger partial charge in [-0.3, -0.25) is 5.32 Å². The number of benzene rings is 2. The number of carboxylic acids is 1. The molecule has 0 amide bonds. The number of carboxylic acid groups (broad SMARTS) is 1. The second-order valence-corrected chi connectivity index (χ2v) is 15.2. The van der Waals surface area contributed by atoms with E-state index in [1.54, 1.807) is 47.9 Å². The minimum Gasteiger partial charge on any atom is -0.480 e. The molecule has 9 nitrogen and oxygen atoms in total. The molecule has 262 valence electrons. The van der Waals surface area contributed by atoms with Gasteiger partial charge in [0, 0.05) is 29.9 Å². The highest BCUT2D eigenvalue weighted by atomic mass is 32.2. The fraction of sp³-hybridized carbons (Fsp3) is 0.333. The first kappa shape index (κ1) is 36.8. The van der Waals surface area contributed by atoms with E-state index in [1.807, 2.05) is 35.7 Å². The second-order valence-electron chi connectivity index (χ2n) is 12.3. The van der Waals surface area contributed by atoms with Gasteiger partial charge >= 0.3 is 5.97 Å². The predicted octanol–water partition coefficient (Wildman–Crippen LogP) is 8.48. The van der Waals surface area contributed by atoms with Crippen molar-refractivity contribution in [3.8, 4) is 10.6 Å². The Bertz CT molecular complexity index is 1840. The Morgan fingerprint density at radius 2 is 1.46 bits per heavy atom. The number of carbonyl (C=O) groups is 1. The average Bonchev–Trinajstić information content (AvgIpc) is 3.68. The fourth-order valence-corrected chi connectivity index (χ4v) is 7.96. The summed E-state index contributed by atoms with van der Waals surface area (Å²) in [4.78, 5) is 25.3. The molecule has 3 heterocycles. The van der Waals surface area contributed by atoms with Gasteiger partial charge in [-0.1, -0.05) is 112 Å². The number of pyridine rings is 2. The lowest BCUT2D eigenvalue weighted by molar-refractivity contribution is -0.138. The molecule has 5 aromatic rings. The molecule has 0 saturated heterocycles. The summed E-state index contributed by atoms with van der Waals surface area (Å²) in [6.07, 6.45) is 13.6. The number of nitrogens with one attached hydrogen (secondary N) is 2. The van der Waals surface area contributed by atoms with E-state index in [9.17, 15) is 18.3 Å². The number of aliphatic carboxylic acids is 1. The number of aromatic nitrogens is 3. The number of aryl methyl sites for hydroxylation is 1. The smallest absolute Gasteiger partial charge is 0.326 e. The zero-order chi connectivity index (χ0) is 35.0. The van der Waals surface area contributed by atoms with Crippen LogP contribution in [-0.4, -0.2) is 40.5 Å². The topological polar surface area (TPSA) is 134 Å². The predicted molar refractivity (Wildman–Crippen MR) is 200 cm³/mol. The standard InChI is InChI=1S/C39H45N5O4S2/c45-39(46)34(18-11-6-4-2-1-3-5-8-15-30-16-9-7-10-17-30)44-35-20-14-19-33(43-35)38(50(47,48)36-21-12-13-26-40-36)42-29-31-22-24-32(25-23-31)37-41-27-28-49-37/h7,9-10,12-14,16-17,19-28,34,38,42H,1-6,8,11,15,18,29H2,(H,43,44)(H,45,46). The normalized spacial score (nSPS) is 12.7. The van der Waals surface area contributed by atoms with Crippen molar-refractivity contribution in [2.24, 2.45) is 0 Å². The van der Waals surface area contributed by atoms with Crippen LogP contribution in [-0.2, 0) is 27.6 Å². The van der Waals surface area contributed by atoms with Crippen molar-refractivity contribution in [2.75, 3.05) is 5.32 Å². The van der Waals surface area contributed by atoms with E-state index in [0.29, 0.717) is 12.2 Å². The van der Waals surface area contributed by atoms with Gasteiger partial charge in [0.1, 0.15) is 16.9 Å². The Balaban J connectivity index is 1.15. The van der Waals surface area contributed by atoms with Gasteiger partial charge in [-0.05, 0) is 54.7 Å². The highest BCUT2D eigenvalue weighted by Crippen LogP contribution is 2.27. The largest absolute Gasteiger partial charge is 0.480 e. The van der Waals surface area contributed by atoms with E-state index in [4.69, 9.17) is 0 Å². The zero-order valence-electron chi connectivity index (χ0n) is 28.2. The van der Waals surface area contributed by atoms with E-state index in [0.717, 1.165) is 48.2 Å². The molecular weight excluding hydrogens is 667 g/mol. The summed E-state index contributed by atoms with van der Waals surface area (Å²) in [5.74, 6) is -0.658. The molecule has 5 rings (SSSR count). The SMILES string of the molecule is O=C(O)C(CCCCCCCCCCc1ccccc1)Nc1cccc(C(NCc2ccc(-c3nccs3)cc2)S(=O)(=O)c2ccccn2)n1. The maximum atomic E-state index is 13.9. The summed E-state index contributed by atoms with van der Waals surface area (Å²) < 4.78 is 27.8. The maximum Gasteiger partial charge on any atom is 0.326 e. The number of unbranched alkanes of at least 4 members (excludes halogenated alkanes) is 7. The lowest BCUT2D eigenvalue weighted by atomic mass is 10.0. The molecule has 0 aliphatic heterocycles. The number of rotatable bonds is 21. The number of hydrogen-bond donors (Lipinski definition) is 3. The van der Waals surface area contributed by atoms with E-state index in [2.05, 4.69) is 49.9 Å². The van der Waals surface area contributed by atoms with Gasteiger partial charge in [0.25, 0.3) is 0 Å². The Kier molecular flexibility index (Phi) is 14.0. The third kappa shape index (κ3) is 11.0. The lowest BCUT2D eigenvalue weighted by Crippen LogP contribution is -2.31. The van der Waals surface area contributed by atoms with E-state index in [-0.39, 0.29) is 17.3 Å². The molecule has 0 saturated carbocycles. The van der Waals surface area contributed by atoms with Crippen LogP contribution in [0.4, 0.5) is 5.82 Å². The Morgan fingerprint density at radius 3 is 2.14 bits per heavy atom. The summed E-state index contributed by atoms with van der Waals surface area (Å²) in [6.45, 7) is 0.250. The van der Waals surface area contributed by atoms with Gasteiger partial charge in [-0.25, -0.2) is 28.2 Å². The molecule has 0 radical (unpaired) electrons. The van der Waals surface area contributed by atoms with Gasteiger partial charge in [0.05, 0.1) is 5.69 Å². The van der Waals surface area contributed by atoms with Crippen molar-refractivity contribution in [2.45, 2.75) is 87.2 Å². The summed E-state index contributed by atoms with van der Waals surface area (Å²) in [7, 11) is -4.01. The average molecular weight is 712 g/mol. The highest BCUT2D eigenvalue weighted by Gasteiger charge is 2.31. The van der Waals surface area contributed by atoms with Crippen LogP contribution >= 0.6 is 11.3 Å². The van der Waals surface area contributed by atoms with Gasteiger partial charge < -0.3 is 10.4 Å². The number of hydrogen-bond acceptors (Lipinski definition) is 9. The van der Waals surface area contributed by atoms with Crippen molar-refractivity contribution < 1.29 is 18.3 Å². The first-order chi connectivity index (χ1) is 24.4. The molecule has 11 heteroatoms. The first-order valence-corrected chi connectivity index (χ1v) is 19.7. The van der Waals surface area contributed by atoms with Crippen molar-refractivity contribution in [1.29, 1.82) is 0 Å². The number of anilines is 1. The third-order valence-electron chi connectivity index (χ3n) is 8.57. The summed E-state index contributed by atoms with van der Waals surface area (Å²) >= 11 is 1.55. The van der Waals surface area contributed by atoms with Crippen LogP contribution in [0.25, 0.3) is 10.6 Å². The molecule has 3 N–H and O–H groups in total. The first-order valence-electron chi connectivity index (χ1n) is 17.3. The van der Waals surface area contributed by atoms with Gasteiger partial charge in [-0.2, -0.15) is 0 Å². The molecule has 3 aromatic heterocycles. The Morgan fingerprint density at radius 1 is 0.740 bits per heavy atom. The van der Waals surface area contributed by atoms with Crippen molar-refractivity contribution in [3.63, 3.8) is 0 Å². The van der Waals surface area contributed by atoms with Gasteiger partial charge in [-0.15, -0.1) is 11.3 Å². The quantitative estimate of drug-likeness (QED) is 0.0641. The van der Waals surface area contributed by atoms with Crippen LogP contribution in [0.2, 0.25) is 0 Å². The summed E-state index contributed by atoms with van der Waals surface area (Å²) in [6, 6.07) is 27.3. The molecule has 2 unspecified atom stereocenters. The molecule has 0 aliphatic carbocycles. The maximum absolute atomic E-state index is 13.9. The molecule has 2 atom stereocenters. The molecular formula is C39H45N5O4S2. The van der Waals surface area contributed by atoms with Crippen LogP contribution in [0, 0.1) is 0 Å². The monoisotopic (exact) mass is 711 g/mol. The molecule has 0 fully saturated rings. The zero-order valence-corrected chi connectivity index (χ0v) is 29.8. The molecule has 50 heavy (non-hydrogen) atoms. The van der Waals surface area contributed by atoms with E-state index >= 15 is 0 Å². The van der Waals surface area contributed by atoms with Crippen LogP contribution in [0.3, 0.4) is 0 Å². The highest BCUT2D eigenvalue weighted by molar-refractivity contribution is 7.91. The number of nitrogens with zero attached hydrogens (tertiary/aromatic N) is 3. The van der Waals surface area contributed by atoms with Crippen LogP contribution in [0.1, 0.15) is 80.0 Å². The lowest BCUT2D eigenvalue weighted by Gasteiger charge is -2.21.